The molecule has 0 fully saturated rings. The summed E-state index contributed by atoms with van der Waals surface area (Å²) in [6.45, 7) is 6.22. The summed E-state index contributed by atoms with van der Waals surface area (Å²) in [6.07, 6.45) is 0. The second-order valence-corrected chi connectivity index (χ2v) is 6.56. The van der Waals surface area contributed by atoms with Crippen LogP contribution in [0, 0.1) is 0 Å². The smallest absolute Gasteiger partial charge is 0.196 e. The second kappa shape index (κ2) is 4.30. The molecular formula is C14H18O3Si. The van der Waals surface area contributed by atoms with Crippen molar-refractivity contribution in [3.05, 3.63) is 29.8 Å². The first kappa shape index (κ1) is 12.9. The summed E-state index contributed by atoms with van der Waals surface area (Å²) in [7, 11) is -1.61. The molecule has 0 radical (unpaired) electrons. The lowest BCUT2D eigenvalue weighted by Gasteiger charge is -2.22. The highest BCUT2D eigenvalue weighted by molar-refractivity contribution is 6.49. The van der Waals surface area contributed by atoms with Gasteiger partial charge in [0.25, 0.3) is 0 Å². The number of fused-ring (bicyclic) bond motifs is 1. The van der Waals surface area contributed by atoms with Crippen LogP contribution in [0.1, 0.15) is 26.3 Å². The van der Waals surface area contributed by atoms with Crippen LogP contribution in [0.25, 0.3) is 10.8 Å². The van der Waals surface area contributed by atoms with Crippen LogP contribution < -0.4 is 5.19 Å². The molecule has 0 saturated heterocycles. The van der Waals surface area contributed by atoms with Gasteiger partial charge in [-0.15, -0.1) is 0 Å². The fraction of sp³-hybridized carbons (Fsp3) is 0.286. The van der Waals surface area contributed by atoms with E-state index >= 15 is 0 Å². The van der Waals surface area contributed by atoms with Crippen LogP contribution in [-0.4, -0.2) is 24.8 Å². The summed E-state index contributed by atoms with van der Waals surface area (Å²) in [5, 5.41) is 21.9. The summed E-state index contributed by atoms with van der Waals surface area (Å²) < 4.78 is 0. The van der Waals surface area contributed by atoms with Crippen LogP contribution in [0.4, 0.5) is 0 Å². The Hall–Kier alpha value is -1.52. The number of rotatable bonds is 1. The van der Waals surface area contributed by atoms with Crippen LogP contribution in [-0.2, 0) is 5.41 Å². The lowest BCUT2D eigenvalue weighted by molar-refractivity contribution is 0.459. The van der Waals surface area contributed by atoms with E-state index in [2.05, 4.69) is 20.8 Å². The van der Waals surface area contributed by atoms with Gasteiger partial charge in [0, 0.05) is 10.6 Å². The monoisotopic (exact) mass is 262 g/mol. The van der Waals surface area contributed by atoms with E-state index in [9.17, 15) is 15.0 Å². The summed E-state index contributed by atoms with van der Waals surface area (Å²) in [5.74, 6) is 0.0184. The average Bonchev–Trinajstić information content (AvgIpc) is 2.27. The third kappa shape index (κ3) is 1.98. The summed E-state index contributed by atoms with van der Waals surface area (Å²) in [6, 6.07) is 7.36. The van der Waals surface area contributed by atoms with Gasteiger partial charge in [-0.1, -0.05) is 39.0 Å². The minimum Gasteiger partial charge on any atom is -0.508 e. The Morgan fingerprint density at radius 2 is 1.78 bits per heavy atom. The van der Waals surface area contributed by atoms with Gasteiger partial charge < -0.3 is 15.0 Å². The van der Waals surface area contributed by atoms with E-state index in [0.717, 1.165) is 16.3 Å². The molecule has 0 bridgehead atoms. The molecule has 0 aliphatic carbocycles. The Labute approximate surface area is 109 Å². The molecule has 3 nitrogen and oxygen atoms in total. The molecule has 0 saturated carbocycles. The van der Waals surface area contributed by atoms with Crippen molar-refractivity contribution in [2.24, 2.45) is 0 Å². The van der Waals surface area contributed by atoms with E-state index < -0.39 is 9.76 Å². The molecule has 0 atom stereocenters. The molecule has 2 aromatic rings. The highest BCUT2D eigenvalue weighted by atomic mass is 28.2. The number of benzene rings is 2. The molecule has 3 N–H and O–H groups in total. The molecule has 0 aliphatic heterocycles. The van der Waals surface area contributed by atoms with Gasteiger partial charge in [0.05, 0.1) is 0 Å². The predicted octanol–water partition coefficient (Wildman–Crippen LogP) is 1.25. The fourth-order valence-electron chi connectivity index (χ4n) is 2.24. The normalized spacial score (nSPS) is 12.7. The first-order valence-electron chi connectivity index (χ1n) is 5.94. The predicted molar refractivity (Wildman–Crippen MR) is 76.4 cm³/mol. The zero-order chi connectivity index (χ0) is 13.5. The van der Waals surface area contributed by atoms with Crippen LogP contribution in [0.3, 0.4) is 0 Å². The van der Waals surface area contributed by atoms with Crippen LogP contribution in [0.2, 0.25) is 0 Å². The standard InChI is InChI=1S/C14H18O3Si/c1-14(2,3)9-6-4-5-8-7-10(15)13(18-17)12(16)11(8)9/h4-7,15-17H,18H2,1-3H3. The Bertz CT molecular complexity index is 600. The van der Waals surface area contributed by atoms with Crippen molar-refractivity contribution in [2.45, 2.75) is 26.2 Å². The van der Waals surface area contributed by atoms with Crippen molar-refractivity contribution in [1.29, 1.82) is 0 Å². The first-order chi connectivity index (χ1) is 8.36. The van der Waals surface area contributed by atoms with Crippen LogP contribution in [0.15, 0.2) is 24.3 Å². The van der Waals surface area contributed by atoms with E-state index in [4.69, 9.17) is 0 Å². The van der Waals surface area contributed by atoms with Gasteiger partial charge in [-0.2, -0.15) is 0 Å². The molecule has 96 valence electrons. The SMILES string of the molecule is CC(C)(C)c1cccc2cc(O)c([SiH2]O)c(O)c12. The molecule has 0 aromatic heterocycles. The Morgan fingerprint density at radius 1 is 1.11 bits per heavy atom. The highest BCUT2D eigenvalue weighted by Gasteiger charge is 2.21. The maximum Gasteiger partial charge on any atom is 0.196 e. The van der Waals surface area contributed by atoms with Crippen molar-refractivity contribution < 1.29 is 15.0 Å². The van der Waals surface area contributed by atoms with E-state index in [1.165, 1.54) is 0 Å². The summed E-state index contributed by atoms with van der Waals surface area (Å²) in [5.41, 5.74) is 0.906. The second-order valence-electron chi connectivity index (χ2n) is 5.53. The van der Waals surface area contributed by atoms with E-state index in [1.54, 1.807) is 6.07 Å². The Balaban J connectivity index is 2.92. The van der Waals surface area contributed by atoms with Gasteiger partial charge in [0.2, 0.25) is 0 Å². The Kier molecular flexibility index (Phi) is 3.08. The molecule has 2 aromatic carbocycles. The summed E-state index contributed by atoms with van der Waals surface area (Å²) >= 11 is 0. The molecular weight excluding hydrogens is 244 g/mol. The van der Waals surface area contributed by atoms with Crippen LogP contribution in [0.5, 0.6) is 11.5 Å². The lowest BCUT2D eigenvalue weighted by atomic mass is 9.83. The number of hydrogen-bond donors (Lipinski definition) is 3. The number of phenols is 2. The van der Waals surface area contributed by atoms with Gasteiger partial charge >= 0.3 is 0 Å². The molecule has 4 heteroatoms. The Morgan fingerprint density at radius 3 is 2.33 bits per heavy atom. The largest absolute Gasteiger partial charge is 0.508 e. The zero-order valence-electron chi connectivity index (χ0n) is 10.9. The van der Waals surface area contributed by atoms with E-state index in [0.29, 0.717) is 5.19 Å². The minimum atomic E-state index is -1.61. The van der Waals surface area contributed by atoms with Crippen molar-refractivity contribution >= 4 is 25.7 Å². The third-order valence-corrected chi connectivity index (χ3v) is 4.20. The molecule has 0 unspecified atom stereocenters. The first-order valence-corrected chi connectivity index (χ1v) is 7.28. The molecule has 0 spiro atoms. The van der Waals surface area contributed by atoms with Gasteiger partial charge in [-0.3, -0.25) is 0 Å². The number of phenolic OH excluding ortho intramolecular Hbond substituents is 2. The van der Waals surface area contributed by atoms with Gasteiger partial charge in [-0.05, 0) is 22.4 Å². The number of hydrogen-bond acceptors (Lipinski definition) is 3. The van der Waals surface area contributed by atoms with E-state index in [1.807, 2.05) is 18.2 Å². The third-order valence-electron chi connectivity index (χ3n) is 3.19. The number of aromatic hydroxyl groups is 2. The van der Waals surface area contributed by atoms with Crippen LogP contribution >= 0.6 is 0 Å². The average molecular weight is 262 g/mol. The summed E-state index contributed by atoms with van der Waals surface area (Å²) in [4.78, 5) is 9.37. The molecule has 0 amide bonds. The fourth-order valence-corrected chi connectivity index (χ4v) is 2.83. The topological polar surface area (TPSA) is 60.7 Å². The van der Waals surface area contributed by atoms with Crippen molar-refractivity contribution in [2.75, 3.05) is 0 Å². The van der Waals surface area contributed by atoms with Gasteiger partial charge in [0.1, 0.15) is 11.5 Å². The zero-order valence-corrected chi connectivity index (χ0v) is 12.3. The maximum atomic E-state index is 10.3. The molecule has 0 heterocycles. The molecule has 2 rings (SSSR count). The minimum absolute atomic E-state index is 0.0137. The van der Waals surface area contributed by atoms with Crippen molar-refractivity contribution in [3.63, 3.8) is 0 Å². The van der Waals surface area contributed by atoms with Gasteiger partial charge in [-0.25, -0.2) is 0 Å². The van der Waals surface area contributed by atoms with Gasteiger partial charge in [0.15, 0.2) is 9.76 Å². The molecule has 18 heavy (non-hydrogen) atoms. The highest BCUT2D eigenvalue weighted by Crippen LogP contribution is 2.36. The quantitative estimate of drug-likeness (QED) is 0.678. The van der Waals surface area contributed by atoms with Crippen molar-refractivity contribution in [3.8, 4) is 11.5 Å². The molecule has 0 aliphatic rings. The van der Waals surface area contributed by atoms with Crippen molar-refractivity contribution in [1.82, 2.24) is 0 Å². The maximum absolute atomic E-state index is 10.3. The van der Waals surface area contributed by atoms with E-state index in [-0.39, 0.29) is 16.9 Å². The lowest BCUT2D eigenvalue weighted by Crippen LogP contribution is -2.17.